The smallest absolute Gasteiger partial charge is 0.220 e. The van der Waals surface area contributed by atoms with E-state index in [0.717, 1.165) is 13.0 Å². The number of carbonyl (C=O) groups excluding carboxylic acids is 1. The normalized spacial score (nSPS) is 23.1. The molecule has 0 spiro atoms. The van der Waals surface area contributed by atoms with E-state index in [1.165, 1.54) is 6.26 Å². The van der Waals surface area contributed by atoms with Crippen molar-refractivity contribution in [3.05, 3.63) is 0 Å². The van der Waals surface area contributed by atoms with Crippen LogP contribution in [0.2, 0.25) is 0 Å². The standard InChI is InChI=1S/C5H9NO.CH3FS/c1-4-2-5(7)6-3-4;1-3-2/h4H,2-3H2,1H3,(H,6,7);1H3. The zero-order chi connectivity index (χ0) is 7.98. The Morgan fingerprint density at radius 2 is 2.30 bits per heavy atom. The minimum absolute atomic E-state index is 0.201. The summed E-state index contributed by atoms with van der Waals surface area (Å²) in [5.41, 5.74) is 0. The van der Waals surface area contributed by atoms with E-state index in [1.54, 1.807) is 0 Å². The number of halogens is 1. The van der Waals surface area contributed by atoms with Gasteiger partial charge in [0.25, 0.3) is 0 Å². The second-order valence-electron chi connectivity index (χ2n) is 2.27. The van der Waals surface area contributed by atoms with E-state index in [-0.39, 0.29) is 18.1 Å². The van der Waals surface area contributed by atoms with Crippen LogP contribution in [0.4, 0.5) is 3.89 Å². The molecule has 10 heavy (non-hydrogen) atoms. The molecule has 1 fully saturated rings. The van der Waals surface area contributed by atoms with Gasteiger partial charge in [-0.2, -0.15) is 3.89 Å². The number of nitrogens with one attached hydrogen (secondary N) is 1. The molecule has 0 aromatic carbocycles. The Kier molecular flexibility index (Phi) is 5.39. The SMILES string of the molecule is CC1CNC(=O)C1.CSF. The molecule has 1 saturated heterocycles. The highest BCUT2D eigenvalue weighted by Crippen LogP contribution is 2.05. The van der Waals surface area contributed by atoms with Crippen molar-refractivity contribution in [3.8, 4) is 0 Å². The number of rotatable bonds is 0. The molecule has 0 aliphatic carbocycles. The Hall–Kier alpha value is -0.250. The van der Waals surface area contributed by atoms with Gasteiger partial charge in [0.1, 0.15) is 0 Å². The van der Waals surface area contributed by atoms with Gasteiger partial charge in [0, 0.05) is 31.4 Å². The summed E-state index contributed by atoms with van der Waals surface area (Å²) in [5, 5.41) is 2.73. The lowest BCUT2D eigenvalue weighted by atomic mass is 10.2. The number of hydrogen-bond acceptors (Lipinski definition) is 2. The third-order valence-electron chi connectivity index (χ3n) is 1.18. The number of amides is 1. The Morgan fingerprint density at radius 1 is 1.80 bits per heavy atom. The van der Waals surface area contributed by atoms with Crippen molar-refractivity contribution >= 4 is 18.1 Å². The molecule has 1 amide bonds. The maximum Gasteiger partial charge on any atom is 0.220 e. The van der Waals surface area contributed by atoms with Gasteiger partial charge in [-0.15, -0.1) is 0 Å². The molecule has 1 heterocycles. The third-order valence-corrected chi connectivity index (χ3v) is 1.18. The van der Waals surface area contributed by atoms with Crippen LogP contribution in [-0.2, 0) is 4.79 Å². The topological polar surface area (TPSA) is 29.1 Å². The third kappa shape index (κ3) is 4.61. The molecule has 0 saturated carbocycles. The van der Waals surface area contributed by atoms with Gasteiger partial charge >= 0.3 is 0 Å². The first-order valence-corrected chi connectivity index (χ1v) is 4.24. The molecule has 0 radical (unpaired) electrons. The quantitative estimate of drug-likeness (QED) is 0.587. The van der Waals surface area contributed by atoms with Crippen LogP contribution in [0.1, 0.15) is 13.3 Å². The Labute approximate surface area is 64.9 Å². The fourth-order valence-corrected chi connectivity index (χ4v) is 0.749. The summed E-state index contributed by atoms with van der Waals surface area (Å²) in [7, 11) is 0. The molecule has 4 heteroatoms. The fourth-order valence-electron chi connectivity index (χ4n) is 0.749. The van der Waals surface area contributed by atoms with Crippen molar-refractivity contribution in [1.82, 2.24) is 5.32 Å². The molecule has 1 atom stereocenters. The number of hydrogen-bond donors (Lipinski definition) is 1. The van der Waals surface area contributed by atoms with E-state index >= 15 is 0 Å². The van der Waals surface area contributed by atoms with Crippen LogP contribution < -0.4 is 5.32 Å². The second-order valence-corrected chi connectivity index (χ2v) is 2.58. The summed E-state index contributed by atoms with van der Waals surface area (Å²) in [6.07, 6.45) is 2.10. The Balaban J connectivity index is 0.000000236. The van der Waals surface area contributed by atoms with Crippen LogP contribution in [0.3, 0.4) is 0 Å². The van der Waals surface area contributed by atoms with Gasteiger partial charge in [-0.3, -0.25) is 4.79 Å². The first-order valence-electron chi connectivity index (χ1n) is 3.12. The highest BCUT2D eigenvalue weighted by Gasteiger charge is 2.15. The number of carbonyl (C=O) groups is 1. The predicted molar refractivity (Wildman–Crippen MR) is 41.4 cm³/mol. The lowest BCUT2D eigenvalue weighted by Gasteiger charge is -1.88. The van der Waals surface area contributed by atoms with Crippen LogP contribution >= 0.6 is 12.1 Å². The van der Waals surface area contributed by atoms with E-state index in [4.69, 9.17) is 0 Å². The minimum Gasteiger partial charge on any atom is -0.356 e. The van der Waals surface area contributed by atoms with Crippen molar-refractivity contribution < 1.29 is 8.68 Å². The van der Waals surface area contributed by atoms with Crippen molar-refractivity contribution in [2.45, 2.75) is 13.3 Å². The van der Waals surface area contributed by atoms with Gasteiger partial charge in [0.05, 0.1) is 0 Å². The fraction of sp³-hybridized carbons (Fsp3) is 0.833. The van der Waals surface area contributed by atoms with E-state index < -0.39 is 0 Å². The van der Waals surface area contributed by atoms with Gasteiger partial charge in [-0.1, -0.05) is 6.92 Å². The average Bonchev–Trinajstić information content (AvgIpc) is 2.17. The molecule has 2 nitrogen and oxygen atoms in total. The zero-order valence-electron chi connectivity index (χ0n) is 6.19. The van der Waals surface area contributed by atoms with E-state index in [2.05, 4.69) is 12.2 Å². The first kappa shape index (κ1) is 9.75. The van der Waals surface area contributed by atoms with Crippen LogP contribution in [0.25, 0.3) is 0 Å². The second kappa shape index (κ2) is 5.53. The molecule has 0 bridgehead atoms. The summed E-state index contributed by atoms with van der Waals surface area (Å²) >= 11 is 0.250. The Morgan fingerprint density at radius 3 is 2.40 bits per heavy atom. The van der Waals surface area contributed by atoms with Gasteiger partial charge in [0.15, 0.2) is 0 Å². The van der Waals surface area contributed by atoms with Gasteiger partial charge in [-0.25, -0.2) is 0 Å². The lowest BCUT2D eigenvalue weighted by molar-refractivity contribution is -0.119. The molecule has 1 N–H and O–H groups in total. The first-order chi connectivity index (χ1) is 4.70. The molecule has 1 rings (SSSR count). The lowest BCUT2D eigenvalue weighted by Crippen LogP contribution is -2.13. The summed E-state index contributed by atoms with van der Waals surface area (Å²) in [4.78, 5) is 10.3. The maximum atomic E-state index is 10.3. The van der Waals surface area contributed by atoms with Gasteiger partial charge in [-0.05, 0) is 5.92 Å². The molecule has 1 unspecified atom stereocenters. The largest absolute Gasteiger partial charge is 0.356 e. The predicted octanol–water partition coefficient (Wildman–Crippen LogP) is 1.38. The molecule has 60 valence electrons. The van der Waals surface area contributed by atoms with Crippen LogP contribution in [0.5, 0.6) is 0 Å². The zero-order valence-corrected chi connectivity index (χ0v) is 7.00. The van der Waals surface area contributed by atoms with Crippen LogP contribution in [-0.4, -0.2) is 18.7 Å². The monoisotopic (exact) mass is 165 g/mol. The molecule has 0 aromatic heterocycles. The van der Waals surface area contributed by atoms with Crippen molar-refractivity contribution in [1.29, 1.82) is 0 Å². The summed E-state index contributed by atoms with van der Waals surface area (Å²) in [6.45, 7) is 2.94. The Bertz CT molecular complexity index is 110. The molecule has 0 aromatic rings. The van der Waals surface area contributed by atoms with Crippen molar-refractivity contribution in [2.24, 2.45) is 5.92 Å². The molecular weight excluding hydrogens is 153 g/mol. The van der Waals surface area contributed by atoms with E-state index in [0.29, 0.717) is 5.92 Å². The van der Waals surface area contributed by atoms with E-state index in [9.17, 15) is 8.68 Å². The highest BCUT2D eigenvalue weighted by molar-refractivity contribution is 7.93. The molecule has 1 aliphatic rings. The average molecular weight is 165 g/mol. The van der Waals surface area contributed by atoms with Crippen molar-refractivity contribution in [2.75, 3.05) is 12.8 Å². The summed E-state index contributed by atoms with van der Waals surface area (Å²) < 4.78 is 10.2. The highest BCUT2D eigenvalue weighted by atomic mass is 32.2. The van der Waals surface area contributed by atoms with Crippen molar-refractivity contribution in [3.63, 3.8) is 0 Å². The van der Waals surface area contributed by atoms with Crippen LogP contribution in [0, 0.1) is 5.92 Å². The maximum absolute atomic E-state index is 10.3. The summed E-state index contributed by atoms with van der Waals surface area (Å²) in [6, 6.07) is 0. The van der Waals surface area contributed by atoms with Crippen LogP contribution in [0.15, 0.2) is 0 Å². The van der Waals surface area contributed by atoms with Gasteiger partial charge < -0.3 is 5.32 Å². The van der Waals surface area contributed by atoms with Gasteiger partial charge in [0.2, 0.25) is 5.91 Å². The summed E-state index contributed by atoms with van der Waals surface area (Å²) in [5.74, 6) is 0.764. The minimum atomic E-state index is 0.201. The molecular formula is C6H12FNOS. The van der Waals surface area contributed by atoms with E-state index in [1.807, 2.05) is 0 Å². The molecule has 1 aliphatic heterocycles.